The van der Waals surface area contributed by atoms with Gasteiger partial charge in [-0.15, -0.1) is 0 Å². The van der Waals surface area contributed by atoms with Crippen molar-refractivity contribution < 1.29 is 14.6 Å². The Kier molecular flexibility index (Phi) is 3.39. The van der Waals surface area contributed by atoms with Crippen LogP contribution in [-0.2, 0) is 9.53 Å². The van der Waals surface area contributed by atoms with Crippen LogP contribution in [-0.4, -0.2) is 28.9 Å². The van der Waals surface area contributed by atoms with Crippen molar-refractivity contribution in [2.75, 3.05) is 0 Å². The lowest BCUT2D eigenvalue weighted by Gasteiger charge is -2.67. The molecule has 0 aromatic carbocycles. The molecule has 0 aromatic heterocycles. The number of rotatable bonds is 0. The van der Waals surface area contributed by atoms with E-state index < -0.39 is 0 Å². The highest BCUT2D eigenvalue weighted by molar-refractivity contribution is 5.79. The van der Waals surface area contributed by atoms with Crippen LogP contribution in [0.15, 0.2) is 0 Å². The van der Waals surface area contributed by atoms with E-state index >= 15 is 0 Å². The first-order valence-corrected chi connectivity index (χ1v) is 11.5. The summed E-state index contributed by atoms with van der Waals surface area (Å²) < 4.78 is 7.00. The molecule has 150 valence electrons. The zero-order chi connectivity index (χ0) is 18.6. The molecule has 6 rings (SSSR count). The Labute approximate surface area is 162 Å². The number of amides is 1. The van der Waals surface area contributed by atoms with Gasteiger partial charge in [0.1, 0.15) is 6.23 Å². The molecule has 0 aromatic rings. The number of carbonyl (C=O) groups is 1. The lowest BCUT2D eigenvalue weighted by Crippen LogP contribution is -2.67. The Balaban J connectivity index is 1.39. The predicted octanol–water partition coefficient (Wildman–Crippen LogP) is 3.62. The van der Waals surface area contributed by atoms with E-state index in [9.17, 15) is 9.90 Å². The summed E-state index contributed by atoms with van der Waals surface area (Å²) in [5.74, 6) is 3.28. The molecular weight excluding hydrogens is 338 g/mol. The molecule has 2 saturated heterocycles. The maximum absolute atomic E-state index is 12.1. The molecule has 2 N–H and O–H groups in total. The van der Waals surface area contributed by atoms with Gasteiger partial charge in [0.05, 0.1) is 11.7 Å². The van der Waals surface area contributed by atoms with Crippen LogP contribution >= 0.6 is 0 Å². The van der Waals surface area contributed by atoms with Crippen molar-refractivity contribution in [2.45, 2.75) is 96.0 Å². The van der Waals surface area contributed by atoms with Gasteiger partial charge in [-0.05, 0) is 86.9 Å². The minimum Gasteiger partial charge on any atom is -0.393 e. The van der Waals surface area contributed by atoms with E-state index in [1.807, 2.05) is 0 Å². The fourth-order valence-corrected chi connectivity index (χ4v) is 9.52. The molecule has 6 fully saturated rings. The first kappa shape index (κ1) is 17.3. The average Bonchev–Trinajstić information content (AvgIpc) is 3.08. The van der Waals surface area contributed by atoms with Gasteiger partial charge in [0.25, 0.3) is 0 Å². The number of fused-ring (bicyclic) bond motifs is 5. The number of nitrogens with one attached hydrogen (secondary N) is 1. The molecule has 6 aliphatic rings. The van der Waals surface area contributed by atoms with Gasteiger partial charge in [-0.1, -0.05) is 13.8 Å². The van der Waals surface area contributed by atoms with Crippen molar-refractivity contribution in [3.05, 3.63) is 0 Å². The topological polar surface area (TPSA) is 58.6 Å². The van der Waals surface area contributed by atoms with Crippen LogP contribution in [0.3, 0.4) is 0 Å². The summed E-state index contributed by atoms with van der Waals surface area (Å²) in [6, 6.07) is 0. The van der Waals surface area contributed by atoms with Gasteiger partial charge in [0.2, 0.25) is 5.91 Å². The smallest absolute Gasteiger partial charge is 0.222 e. The van der Waals surface area contributed by atoms with Crippen LogP contribution in [0.25, 0.3) is 0 Å². The Morgan fingerprint density at radius 3 is 2.67 bits per heavy atom. The zero-order valence-electron chi connectivity index (χ0n) is 16.9. The highest BCUT2D eigenvalue weighted by Gasteiger charge is 2.73. The average molecular weight is 374 g/mol. The summed E-state index contributed by atoms with van der Waals surface area (Å²) in [7, 11) is 0. The molecule has 0 radical (unpaired) electrons. The summed E-state index contributed by atoms with van der Waals surface area (Å²) in [5.41, 5.74) is 0.595. The second-order valence-electron chi connectivity index (χ2n) is 11.4. The fourth-order valence-electron chi connectivity index (χ4n) is 9.52. The summed E-state index contributed by atoms with van der Waals surface area (Å²) >= 11 is 0. The Morgan fingerprint density at radius 1 is 1.00 bits per heavy atom. The van der Waals surface area contributed by atoms with Crippen LogP contribution < -0.4 is 5.32 Å². The molecular formula is C23H35NO3. The van der Waals surface area contributed by atoms with E-state index in [1.54, 1.807) is 0 Å². The lowest BCUT2D eigenvalue weighted by atomic mass is 9.42. The molecule has 0 unspecified atom stereocenters. The molecule has 2 aliphatic heterocycles. The van der Waals surface area contributed by atoms with Gasteiger partial charge in [-0.3, -0.25) is 4.79 Å². The van der Waals surface area contributed by atoms with Crippen molar-refractivity contribution in [3.63, 3.8) is 0 Å². The van der Waals surface area contributed by atoms with Gasteiger partial charge >= 0.3 is 0 Å². The zero-order valence-corrected chi connectivity index (χ0v) is 16.9. The van der Waals surface area contributed by atoms with Crippen molar-refractivity contribution in [3.8, 4) is 0 Å². The molecule has 4 nitrogen and oxygen atoms in total. The monoisotopic (exact) mass is 373 g/mol. The predicted molar refractivity (Wildman–Crippen MR) is 102 cm³/mol. The second kappa shape index (κ2) is 5.30. The van der Waals surface area contributed by atoms with Crippen molar-refractivity contribution >= 4 is 5.91 Å². The number of ether oxygens (including phenoxy) is 1. The largest absolute Gasteiger partial charge is 0.393 e. The quantitative estimate of drug-likeness (QED) is 0.682. The second-order valence-corrected chi connectivity index (χ2v) is 11.4. The van der Waals surface area contributed by atoms with Gasteiger partial charge in [-0.25, -0.2) is 0 Å². The maximum atomic E-state index is 12.1. The van der Waals surface area contributed by atoms with E-state index in [0.717, 1.165) is 18.8 Å². The summed E-state index contributed by atoms with van der Waals surface area (Å²) in [6.45, 7) is 5.05. The SMILES string of the molecule is C[C@]12CC[C@H](O)C[C@H]1CC[C@@H]1[C@@H]2CC[C@]2(C)[C@@H]3CC[C@]12O[C@@H]1NC(=O)C[C@@H]31. The van der Waals surface area contributed by atoms with E-state index in [0.29, 0.717) is 35.5 Å². The maximum Gasteiger partial charge on any atom is 0.222 e. The third kappa shape index (κ3) is 1.95. The number of aliphatic hydroxyl groups is 1. The first-order chi connectivity index (χ1) is 12.9. The van der Waals surface area contributed by atoms with Gasteiger partial charge in [0.15, 0.2) is 0 Å². The van der Waals surface area contributed by atoms with Crippen molar-refractivity contribution in [2.24, 2.45) is 40.4 Å². The molecule has 4 heteroatoms. The van der Waals surface area contributed by atoms with Crippen LogP contribution in [0.5, 0.6) is 0 Å². The van der Waals surface area contributed by atoms with Crippen LogP contribution in [0, 0.1) is 40.4 Å². The van der Waals surface area contributed by atoms with E-state index in [2.05, 4.69) is 19.2 Å². The number of hydrogen-bond acceptors (Lipinski definition) is 3. The third-order valence-corrected chi connectivity index (χ3v) is 10.8. The minimum absolute atomic E-state index is 0.0244. The molecule has 4 aliphatic carbocycles. The van der Waals surface area contributed by atoms with E-state index in [1.165, 1.54) is 44.9 Å². The number of carbonyl (C=O) groups excluding carboxylic acids is 1. The normalized spacial score (nSPS) is 61.4. The van der Waals surface area contributed by atoms with E-state index in [4.69, 9.17) is 4.74 Å². The van der Waals surface area contributed by atoms with Gasteiger partial charge in [-0.2, -0.15) is 0 Å². The van der Waals surface area contributed by atoms with Crippen LogP contribution in [0.1, 0.15) is 78.1 Å². The molecule has 2 heterocycles. The van der Waals surface area contributed by atoms with E-state index in [-0.39, 0.29) is 29.3 Å². The number of aliphatic hydroxyl groups excluding tert-OH is 1. The molecule has 4 saturated carbocycles. The number of hydrogen-bond donors (Lipinski definition) is 2. The Morgan fingerprint density at radius 2 is 1.81 bits per heavy atom. The molecule has 10 atom stereocenters. The van der Waals surface area contributed by atoms with Crippen LogP contribution in [0.2, 0.25) is 0 Å². The van der Waals surface area contributed by atoms with Gasteiger partial charge in [0, 0.05) is 17.8 Å². The standard InChI is InChI=1S/C23H35NO3/c1-21-8-5-14(25)11-13(21)3-4-18-17(21)6-9-22(2)16-7-10-23(18,22)27-20-15(16)12-19(26)24-20/h13-18,20,25H,3-12H2,1-2H3,(H,24,26)/t13-,14+,15+,16-,17+,18-,20+,21+,22-,23+/m1/s1. The highest BCUT2D eigenvalue weighted by atomic mass is 16.5. The summed E-state index contributed by atoms with van der Waals surface area (Å²) in [4.78, 5) is 12.1. The minimum atomic E-state index is -0.0807. The Bertz CT molecular complexity index is 681. The van der Waals surface area contributed by atoms with Crippen LogP contribution in [0.4, 0.5) is 0 Å². The summed E-state index contributed by atoms with van der Waals surface area (Å²) in [6.07, 6.45) is 11.3. The lowest BCUT2D eigenvalue weighted by molar-refractivity contribution is -0.288. The first-order valence-electron chi connectivity index (χ1n) is 11.5. The van der Waals surface area contributed by atoms with Crippen molar-refractivity contribution in [1.82, 2.24) is 5.32 Å². The Hall–Kier alpha value is -0.610. The molecule has 1 amide bonds. The molecule has 0 spiro atoms. The fraction of sp³-hybridized carbons (Fsp3) is 0.957. The van der Waals surface area contributed by atoms with Crippen molar-refractivity contribution in [1.29, 1.82) is 0 Å². The highest BCUT2D eigenvalue weighted by Crippen LogP contribution is 2.73. The third-order valence-electron chi connectivity index (χ3n) is 10.8. The van der Waals surface area contributed by atoms with Gasteiger partial charge < -0.3 is 15.2 Å². The molecule has 2 bridgehead atoms. The summed E-state index contributed by atoms with van der Waals surface area (Å²) in [5, 5.41) is 13.4. The molecule has 27 heavy (non-hydrogen) atoms.